The minimum atomic E-state index is -0.543. The Hall–Kier alpha value is -1.82. The van der Waals surface area contributed by atoms with Crippen molar-refractivity contribution in [1.29, 1.82) is 0 Å². The molecule has 1 aromatic heterocycles. The number of pyridine rings is 1. The number of nitrogens with two attached hydrogens (primary N) is 2. The Labute approximate surface area is 106 Å². The molecule has 0 radical (unpaired) electrons. The summed E-state index contributed by atoms with van der Waals surface area (Å²) in [4.78, 5) is 17.5. The van der Waals surface area contributed by atoms with E-state index in [1.165, 1.54) is 0 Å². The van der Waals surface area contributed by atoms with Crippen LogP contribution in [0.3, 0.4) is 0 Å². The van der Waals surface area contributed by atoms with Gasteiger partial charge in [-0.2, -0.15) is 0 Å². The van der Waals surface area contributed by atoms with E-state index in [0.717, 1.165) is 12.8 Å². The van der Waals surface area contributed by atoms with Crippen molar-refractivity contribution in [3.05, 3.63) is 17.8 Å². The number of ether oxygens (including phenoxy) is 1. The van der Waals surface area contributed by atoms with Gasteiger partial charge in [0, 0.05) is 19.7 Å². The van der Waals surface area contributed by atoms with Gasteiger partial charge in [0.2, 0.25) is 0 Å². The molecule has 0 saturated heterocycles. The number of hydrogen-bond acceptors (Lipinski definition) is 5. The number of nitrogens with zero attached hydrogens (tertiary/aromatic N) is 2. The molecular formula is C12H18N4O2. The molecule has 4 N–H and O–H groups in total. The summed E-state index contributed by atoms with van der Waals surface area (Å²) < 4.78 is 5.09. The SMILES string of the molecule is COCCN(c1nc(C(N)=O)ccc1N)C1CC1. The van der Waals surface area contributed by atoms with Crippen molar-refractivity contribution in [2.75, 3.05) is 30.9 Å². The largest absolute Gasteiger partial charge is 0.396 e. The minimum absolute atomic E-state index is 0.238. The van der Waals surface area contributed by atoms with Crippen LogP contribution in [0.25, 0.3) is 0 Å². The Bertz CT molecular complexity index is 446. The molecule has 1 aromatic rings. The fourth-order valence-corrected chi connectivity index (χ4v) is 1.86. The van der Waals surface area contributed by atoms with Gasteiger partial charge >= 0.3 is 0 Å². The lowest BCUT2D eigenvalue weighted by atomic mass is 10.3. The second kappa shape index (κ2) is 5.22. The fourth-order valence-electron chi connectivity index (χ4n) is 1.86. The van der Waals surface area contributed by atoms with Crippen LogP contribution in [-0.2, 0) is 4.74 Å². The van der Waals surface area contributed by atoms with Gasteiger partial charge in [-0.25, -0.2) is 4.98 Å². The minimum Gasteiger partial charge on any atom is -0.396 e. The molecule has 1 aliphatic carbocycles. The molecule has 0 spiro atoms. The van der Waals surface area contributed by atoms with Gasteiger partial charge in [-0.1, -0.05) is 0 Å². The molecule has 0 aliphatic heterocycles. The highest BCUT2D eigenvalue weighted by molar-refractivity contribution is 5.92. The van der Waals surface area contributed by atoms with E-state index < -0.39 is 5.91 Å². The summed E-state index contributed by atoms with van der Waals surface area (Å²) >= 11 is 0. The van der Waals surface area contributed by atoms with Crippen LogP contribution in [0.5, 0.6) is 0 Å². The average molecular weight is 250 g/mol. The van der Waals surface area contributed by atoms with Gasteiger partial charge in [0.25, 0.3) is 5.91 Å². The molecule has 6 nitrogen and oxygen atoms in total. The first-order valence-electron chi connectivity index (χ1n) is 5.95. The van der Waals surface area contributed by atoms with Crippen molar-refractivity contribution in [3.63, 3.8) is 0 Å². The molecule has 18 heavy (non-hydrogen) atoms. The first kappa shape index (κ1) is 12.6. The zero-order chi connectivity index (χ0) is 13.1. The van der Waals surface area contributed by atoms with Gasteiger partial charge in [-0.05, 0) is 25.0 Å². The lowest BCUT2D eigenvalue weighted by Gasteiger charge is -2.24. The van der Waals surface area contributed by atoms with Crippen molar-refractivity contribution in [2.24, 2.45) is 5.73 Å². The summed E-state index contributed by atoms with van der Waals surface area (Å²) in [7, 11) is 1.65. The molecule has 0 aromatic carbocycles. The molecule has 1 aliphatic rings. The molecule has 1 saturated carbocycles. The van der Waals surface area contributed by atoms with Crippen molar-refractivity contribution in [2.45, 2.75) is 18.9 Å². The Morgan fingerprint density at radius 1 is 1.56 bits per heavy atom. The van der Waals surface area contributed by atoms with Gasteiger partial charge in [0.15, 0.2) is 5.82 Å². The quantitative estimate of drug-likeness (QED) is 0.761. The van der Waals surface area contributed by atoms with Gasteiger partial charge in [0.1, 0.15) is 5.69 Å². The van der Waals surface area contributed by atoms with E-state index in [1.54, 1.807) is 19.2 Å². The predicted molar refractivity (Wildman–Crippen MR) is 69.4 cm³/mol. The van der Waals surface area contributed by atoms with E-state index in [0.29, 0.717) is 30.7 Å². The highest BCUT2D eigenvalue weighted by Gasteiger charge is 2.31. The van der Waals surface area contributed by atoms with Gasteiger partial charge in [0.05, 0.1) is 12.3 Å². The summed E-state index contributed by atoms with van der Waals surface area (Å²) in [6.45, 7) is 1.30. The molecule has 0 bridgehead atoms. The first-order chi connectivity index (χ1) is 8.63. The van der Waals surface area contributed by atoms with Crippen LogP contribution in [0.2, 0.25) is 0 Å². The molecule has 2 rings (SSSR count). The number of primary amides is 1. The van der Waals surface area contributed by atoms with Gasteiger partial charge in [-0.15, -0.1) is 0 Å². The summed E-state index contributed by atoms with van der Waals surface area (Å²) in [5.74, 6) is 0.0876. The summed E-state index contributed by atoms with van der Waals surface area (Å²) in [5.41, 5.74) is 12.0. The number of hydrogen-bond donors (Lipinski definition) is 2. The van der Waals surface area contributed by atoms with Crippen molar-refractivity contribution < 1.29 is 9.53 Å². The van der Waals surface area contributed by atoms with E-state index >= 15 is 0 Å². The van der Waals surface area contributed by atoms with Crippen LogP contribution in [0.4, 0.5) is 11.5 Å². The number of anilines is 2. The third-order valence-corrected chi connectivity index (χ3v) is 2.95. The van der Waals surface area contributed by atoms with E-state index in [-0.39, 0.29) is 5.69 Å². The maximum atomic E-state index is 11.2. The number of methoxy groups -OCH3 is 1. The van der Waals surface area contributed by atoms with Crippen LogP contribution in [0.15, 0.2) is 12.1 Å². The van der Waals surface area contributed by atoms with E-state index in [2.05, 4.69) is 9.88 Å². The van der Waals surface area contributed by atoms with Gasteiger partial charge < -0.3 is 21.1 Å². The number of carbonyl (C=O) groups is 1. The predicted octanol–water partition coefficient (Wildman–Crippen LogP) is 0.378. The highest BCUT2D eigenvalue weighted by Crippen LogP contribution is 2.33. The number of carbonyl (C=O) groups excluding carboxylic acids is 1. The Balaban J connectivity index is 2.27. The summed E-state index contributed by atoms with van der Waals surface area (Å²) in [6.07, 6.45) is 2.23. The Morgan fingerprint density at radius 3 is 2.83 bits per heavy atom. The molecule has 1 amide bonds. The molecule has 1 heterocycles. The second-order valence-electron chi connectivity index (χ2n) is 4.39. The van der Waals surface area contributed by atoms with Crippen molar-refractivity contribution in [3.8, 4) is 0 Å². The van der Waals surface area contributed by atoms with Crippen LogP contribution in [0.1, 0.15) is 23.3 Å². The number of aromatic nitrogens is 1. The highest BCUT2D eigenvalue weighted by atomic mass is 16.5. The van der Waals surface area contributed by atoms with Crippen LogP contribution in [0, 0.1) is 0 Å². The molecule has 6 heteroatoms. The van der Waals surface area contributed by atoms with E-state index in [4.69, 9.17) is 16.2 Å². The Morgan fingerprint density at radius 2 is 2.28 bits per heavy atom. The van der Waals surface area contributed by atoms with E-state index in [1.807, 2.05) is 0 Å². The van der Waals surface area contributed by atoms with E-state index in [9.17, 15) is 4.79 Å². The maximum absolute atomic E-state index is 11.2. The molecule has 0 atom stereocenters. The number of amides is 1. The Kier molecular flexibility index (Phi) is 3.66. The molecule has 1 fully saturated rings. The lowest BCUT2D eigenvalue weighted by molar-refractivity contribution is 0.0995. The monoisotopic (exact) mass is 250 g/mol. The standard InChI is InChI=1S/C12H18N4O2/c1-18-7-6-16(8-2-3-8)12-9(13)4-5-10(15-12)11(14)17/h4-5,8H,2-3,6-7,13H2,1H3,(H2,14,17). The topological polar surface area (TPSA) is 94.5 Å². The first-order valence-corrected chi connectivity index (χ1v) is 5.95. The van der Waals surface area contributed by atoms with Crippen LogP contribution < -0.4 is 16.4 Å². The van der Waals surface area contributed by atoms with Crippen molar-refractivity contribution in [1.82, 2.24) is 4.98 Å². The number of nitrogen functional groups attached to an aromatic ring is 1. The molecular weight excluding hydrogens is 232 g/mol. The third-order valence-electron chi connectivity index (χ3n) is 2.95. The smallest absolute Gasteiger partial charge is 0.267 e. The normalized spacial score (nSPS) is 14.5. The van der Waals surface area contributed by atoms with Crippen molar-refractivity contribution >= 4 is 17.4 Å². The van der Waals surface area contributed by atoms with Gasteiger partial charge in [-0.3, -0.25) is 4.79 Å². The zero-order valence-electron chi connectivity index (χ0n) is 10.4. The second-order valence-corrected chi connectivity index (χ2v) is 4.39. The maximum Gasteiger partial charge on any atom is 0.267 e. The molecule has 0 unspecified atom stereocenters. The molecule has 98 valence electrons. The lowest BCUT2D eigenvalue weighted by Crippen LogP contribution is -2.31. The zero-order valence-corrected chi connectivity index (χ0v) is 10.4. The summed E-state index contributed by atoms with van der Waals surface area (Å²) in [6, 6.07) is 3.66. The summed E-state index contributed by atoms with van der Waals surface area (Å²) in [5, 5.41) is 0. The average Bonchev–Trinajstić information content (AvgIpc) is 3.15. The van der Waals surface area contributed by atoms with Crippen LogP contribution in [-0.4, -0.2) is 37.2 Å². The third kappa shape index (κ3) is 2.70. The fraction of sp³-hybridized carbons (Fsp3) is 0.500. The van der Waals surface area contributed by atoms with Crippen LogP contribution >= 0.6 is 0 Å². The number of rotatable bonds is 6.